The first kappa shape index (κ1) is 82.6. The van der Waals surface area contributed by atoms with Crippen LogP contribution in [0.4, 0.5) is 14.4 Å². The Morgan fingerprint density at radius 3 is 0.651 bits per heavy atom. The van der Waals surface area contributed by atoms with Gasteiger partial charge in [0, 0.05) is 0 Å². The van der Waals surface area contributed by atoms with Gasteiger partial charge in [-0.15, -0.1) is 0 Å². The summed E-state index contributed by atoms with van der Waals surface area (Å²) in [5, 5.41) is 235. The van der Waals surface area contributed by atoms with Crippen molar-refractivity contribution in [2.24, 2.45) is 0 Å². The fraction of sp³-hybridized carbons (Fsp3) is 0.923. The summed E-state index contributed by atoms with van der Waals surface area (Å²) in [5.41, 5.74) is 0. The first-order valence-electron chi connectivity index (χ1n) is 23.0. The van der Waals surface area contributed by atoms with E-state index in [0.29, 0.717) is 0 Å². The number of aliphatic hydroxyl groups is 21. The molecule has 42 nitrogen and oxygen atoms in total. The van der Waals surface area contributed by atoms with Gasteiger partial charge in [0.05, 0.1) is 58.0 Å². The molecule has 6 fully saturated rings. The summed E-state index contributed by atoms with van der Waals surface area (Å²) in [6.45, 7) is -4.64. The summed E-state index contributed by atoms with van der Waals surface area (Å²) in [6, 6.07) is 0. The molecule has 0 saturated carbocycles. The molecule has 6 heterocycles. The Labute approximate surface area is 485 Å². The second kappa shape index (κ2) is 37.4. The van der Waals surface area contributed by atoms with Crippen LogP contribution in [-0.2, 0) is 91.0 Å². The van der Waals surface area contributed by atoms with Crippen LogP contribution in [0.25, 0.3) is 0 Å². The number of carbonyl (C=O) groups excluding carboxylic acids is 3. The average Bonchev–Trinajstić information content (AvgIpc) is 3.39. The van der Waals surface area contributed by atoms with Gasteiger partial charge in [0.15, 0.2) is 37.7 Å². The molecule has 6 rings (SSSR count). The molecule has 0 aromatic rings. The minimum Gasteiger partial charge on any atom is -0.870 e. The van der Waals surface area contributed by atoms with Crippen LogP contribution >= 0.6 is 0 Å². The summed E-state index contributed by atoms with van der Waals surface area (Å²) in [5.74, 6) is 0. The van der Waals surface area contributed by atoms with E-state index in [1.54, 1.807) is 0 Å². The smallest absolute Gasteiger partial charge is 0.870 e. The molecule has 490 valence electrons. The third-order valence-corrected chi connectivity index (χ3v) is 12.6. The Hall–Kier alpha value is -2.47. The van der Waals surface area contributed by atoms with E-state index in [4.69, 9.17) is 42.6 Å². The number of aliphatic hydroxyl groups excluding tert-OH is 21. The van der Waals surface area contributed by atoms with Crippen molar-refractivity contribution in [3.05, 3.63) is 0 Å². The summed E-state index contributed by atoms with van der Waals surface area (Å²) < 4.78 is 58.7. The van der Waals surface area contributed by atoms with Gasteiger partial charge in [-0.25, -0.2) is 0 Å². The SMILES string of the molecule is O=C([O-])O[C@@H]1[C@@H](O)[C@@H](O[C@H]2[C@H](O)[C@@H](O)[C@H](O)O[C@@H]2CO)O[C@H](CO)[C@H]1O.O=C([O-])O[C@@H]1[C@@H](O)[C@@H](O[C@H]2[C@H](O)[C@@H](O)[C@H](O)O[C@@H]2CO)O[C@H](CO)[C@H]1O.O=C([O-])O[C@@H]1[C@@H](O)[C@@H](O[C@H]2[C@H](O)[C@@H](O)[C@H](O)O[C@@H]2CO)O[C@H](CO)[C@H]1O.[Fe+3].[Fe+3].[OH-].[OH-].[OH-]. The maximum Gasteiger partial charge on any atom is 3.00 e. The average molecular weight is 1320 g/mol. The van der Waals surface area contributed by atoms with Gasteiger partial charge in [0.2, 0.25) is 0 Å². The molecule has 6 aliphatic heterocycles. The second-order valence-corrected chi connectivity index (χ2v) is 17.6. The minimum atomic E-state index is -2.06. The molecule has 0 unspecified atom stereocenters. The Morgan fingerprint density at radius 1 is 0.289 bits per heavy atom. The van der Waals surface area contributed by atoms with Crippen molar-refractivity contribution in [1.29, 1.82) is 0 Å². The number of hydrogen-bond acceptors (Lipinski definition) is 42. The van der Waals surface area contributed by atoms with E-state index >= 15 is 0 Å². The van der Waals surface area contributed by atoms with Crippen molar-refractivity contribution < 1.29 is 244 Å². The Morgan fingerprint density at radius 2 is 0.482 bits per heavy atom. The van der Waals surface area contributed by atoms with E-state index in [2.05, 4.69) is 14.2 Å². The van der Waals surface area contributed by atoms with E-state index in [1.165, 1.54) is 0 Å². The zero-order chi connectivity index (χ0) is 58.8. The Balaban J connectivity index is 0. The monoisotopic (exact) mass is 1320 g/mol. The molecule has 0 amide bonds. The molecule has 44 heteroatoms. The molecule has 6 aliphatic rings. The van der Waals surface area contributed by atoms with E-state index < -0.39 is 242 Å². The third-order valence-electron chi connectivity index (χ3n) is 12.6. The predicted molar refractivity (Wildman–Crippen MR) is 224 cm³/mol. The summed E-state index contributed by atoms with van der Waals surface area (Å²) in [7, 11) is 0. The Bertz CT molecular complexity index is 1640. The first-order valence-corrected chi connectivity index (χ1v) is 23.0. The van der Waals surface area contributed by atoms with Crippen LogP contribution in [0.1, 0.15) is 0 Å². The van der Waals surface area contributed by atoms with Crippen molar-refractivity contribution in [2.45, 2.75) is 184 Å². The van der Waals surface area contributed by atoms with E-state index in [-0.39, 0.29) is 50.6 Å². The van der Waals surface area contributed by atoms with Gasteiger partial charge in [-0.05, 0) is 0 Å². The van der Waals surface area contributed by atoms with Crippen LogP contribution in [-0.4, -0.2) is 366 Å². The summed E-state index contributed by atoms with van der Waals surface area (Å²) in [4.78, 5) is 31.9. The zero-order valence-corrected chi connectivity index (χ0v) is 44.1. The molecule has 6 saturated heterocycles. The molecule has 0 aromatic carbocycles. The molecule has 83 heavy (non-hydrogen) atoms. The van der Waals surface area contributed by atoms with Gasteiger partial charge in [-0.1, -0.05) is 0 Å². The maximum absolute atomic E-state index is 10.6. The number of ether oxygens (including phenoxy) is 12. The largest absolute Gasteiger partial charge is 3.00 e. The molecular formula is C39H66Fe2O42. The van der Waals surface area contributed by atoms with Crippen LogP contribution in [0.3, 0.4) is 0 Å². The van der Waals surface area contributed by atoms with Crippen molar-refractivity contribution in [1.82, 2.24) is 0 Å². The van der Waals surface area contributed by atoms with E-state index in [0.717, 1.165) is 0 Å². The fourth-order valence-corrected chi connectivity index (χ4v) is 8.42. The van der Waals surface area contributed by atoms with Gasteiger partial charge >= 0.3 is 34.1 Å². The number of carboxylic acid groups (broad SMARTS) is 3. The molecule has 30 atom stereocenters. The zero-order valence-electron chi connectivity index (χ0n) is 41.9. The number of carbonyl (C=O) groups is 3. The van der Waals surface area contributed by atoms with Gasteiger partial charge in [0.1, 0.15) is 128 Å². The summed E-state index contributed by atoms with van der Waals surface area (Å²) >= 11 is 0. The quantitative estimate of drug-likeness (QED) is 0.0411. The van der Waals surface area contributed by atoms with E-state index in [9.17, 15) is 137 Å². The number of hydrogen-bond donors (Lipinski definition) is 21. The molecule has 0 aromatic heterocycles. The number of rotatable bonds is 15. The molecule has 0 aliphatic carbocycles. The topological polar surface area (TPSA) is 746 Å². The van der Waals surface area contributed by atoms with E-state index in [1.807, 2.05) is 0 Å². The minimum absolute atomic E-state index is 0. The van der Waals surface area contributed by atoms with Crippen molar-refractivity contribution in [3.8, 4) is 0 Å². The molecular weight excluding hydrogens is 1250 g/mol. The molecule has 0 bridgehead atoms. The van der Waals surface area contributed by atoms with Crippen LogP contribution in [0.2, 0.25) is 0 Å². The summed E-state index contributed by atoms with van der Waals surface area (Å²) in [6.07, 6.45) is -56.8. The molecule has 2 radical (unpaired) electrons. The third kappa shape index (κ3) is 20.3. The second-order valence-electron chi connectivity index (χ2n) is 17.6. The van der Waals surface area contributed by atoms with Crippen LogP contribution in [0.15, 0.2) is 0 Å². The Kier molecular flexibility index (Phi) is 37.2. The van der Waals surface area contributed by atoms with Crippen LogP contribution in [0.5, 0.6) is 0 Å². The standard InChI is InChI=1S/3C13H22O13.2Fe.3H2O/c3*14-1-3-5(16)10(26-13(21)22)8(19)12(24-3)25-9-4(2-15)23-11(20)7(18)6(9)17;;;;;/h3*3-12,14-20H,1-2H2,(H,21,22);;;3*1H2/q;;;2*+3;;;/p-6/t3*3-,4-,5-,6-,7-,8-,9-,10+,11-,12-;;;;;/m111...../s1. The van der Waals surface area contributed by atoms with Crippen molar-refractivity contribution in [3.63, 3.8) is 0 Å². The first-order chi connectivity index (χ1) is 36.6. The van der Waals surface area contributed by atoms with Gasteiger partial charge in [-0.2, -0.15) is 0 Å². The van der Waals surface area contributed by atoms with Crippen molar-refractivity contribution >= 4 is 18.5 Å². The predicted octanol–water partition coefficient (Wildman–Crippen LogP) is -18.6. The molecule has 24 N–H and O–H groups in total. The normalized spacial score (nSPS) is 43.9. The molecule has 0 spiro atoms. The van der Waals surface area contributed by atoms with Gasteiger partial charge in [-0.3, -0.25) is 0 Å². The van der Waals surface area contributed by atoms with Gasteiger partial charge in [0.25, 0.3) is 18.5 Å². The van der Waals surface area contributed by atoms with Crippen LogP contribution in [0, 0.1) is 0 Å². The fourth-order valence-electron chi connectivity index (χ4n) is 8.42. The maximum atomic E-state index is 10.6. The van der Waals surface area contributed by atoms with Gasteiger partial charge < -0.3 is 210 Å². The van der Waals surface area contributed by atoms with Crippen molar-refractivity contribution in [2.75, 3.05) is 39.6 Å². The van der Waals surface area contributed by atoms with Crippen LogP contribution < -0.4 is 15.3 Å².